The van der Waals surface area contributed by atoms with E-state index in [9.17, 15) is 9.59 Å². The monoisotopic (exact) mass is 471 g/mol. The summed E-state index contributed by atoms with van der Waals surface area (Å²) in [5.74, 6) is 0.902. The van der Waals surface area contributed by atoms with E-state index < -0.39 is 11.9 Å². The van der Waals surface area contributed by atoms with Gasteiger partial charge in [0.1, 0.15) is 23.9 Å². The quantitative estimate of drug-likeness (QED) is 0.170. The van der Waals surface area contributed by atoms with Gasteiger partial charge in [0.2, 0.25) is 0 Å². The fourth-order valence-corrected chi connectivity index (χ4v) is 3.51. The largest absolute Gasteiger partial charge is 0.486 e. The molecule has 0 unspecified atom stereocenters. The van der Waals surface area contributed by atoms with E-state index in [2.05, 4.69) is 41.1 Å². The fraction of sp³-hybridized carbons (Fsp3) is 0.148. The van der Waals surface area contributed by atoms with Crippen LogP contribution in [0.5, 0.6) is 11.5 Å². The van der Waals surface area contributed by atoms with Crippen LogP contribution in [0.25, 0.3) is 5.69 Å². The van der Waals surface area contributed by atoms with Crippen LogP contribution in [-0.2, 0) is 11.4 Å². The number of hydrazone groups is 1. The lowest BCUT2D eigenvalue weighted by Crippen LogP contribution is -2.16. The Balaban J connectivity index is 1.28. The molecule has 0 spiro atoms. The first-order chi connectivity index (χ1) is 16.9. The van der Waals surface area contributed by atoms with E-state index in [4.69, 9.17) is 13.9 Å². The molecule has 2 aromatic heterocycles. The van der Waals surface area contributed by atoms with Crippen LogP contribution in [-0.4, -0.2) is 22.7 Å². The Morgan fingerprint density at radius 1 is 0.914 bits per heavy atom. The van der Waals surface area contributed by atoms with Crippen molar-refractivity contribution in [2.24, 2.45) is 5.10 Å². The molecule has 1 amide bonds. The number of carbonyl (C=O) groups excluding carboxylic acids is 2. The SMILES string of the molecule is CC(=O)Oc1ccc(C=NNC(=O)c2ccc(COc3ccc(-n4c(C)ccc4C)cc3)o2)cc1. The molecule has 2 heterocycles. The van der Waals surface area contributed by atoms with Crippen molar-refractivity contribution in [2.45, 2.75) is 27.4 Å². The van der Waals surface area contributed by atoms with Crippen molar-refractivity contribution in [1.29, 1.82) is 0 Å². The number of benzene rings is 2. The summed E-state index contributed by atoms with van der Waals surface area (Å²) < 4.78 is 18.5. The molecule has 0 atom stereocenters. The topological polar surface area (TPSA) is 95.1 Å². The van der Waals surface area contributed by atoms with Gasteiger partial charge in [0, 0.05) is 24.0 Å². The summed E-state index contributed by atoms with van der Waals surface area (Å²) >= 11 is 0. The normalized spacial score (nSPS) is 10.9. The average molecular weight is 472 g/mol. The van der Waals surface area contributed by atoms with Gasteiger partial charge in [-0.25, -0.2) is 5.43 Å². The molecule has 0 aliphatic carbocycles. The Hall–Kier alpha value is -4.59. The molecular weight excluding hydrogens is 446 g/mol. The number of amides is 1. The van der Waals surface area contributed by atoms with Crippen LogP contribution in [0.2, 0.25) is 0 Å². The number of ether oxygens (including phenoxy) is 2. The van der Waals surface area contributed by atoms with Gasteiger partial charge in [0.15, 0.2) is 5.76 Å². The molecule has 178 valence electrons. The molecule has 35 heavy (non-hydrogen) atoms. The van der Waals surface area contributed by atoms with E-state index in [0.717, 1.165) is 11.3 Å². The summed E-state index contributed by atoms with van der Waals surface area (Å²) in [4.78, 5) is 23.2. The van der Waals surface area contributed by atoms with Crippen molar-refractivity contribution in [1.82, 2.24) is 9.99 Å². The van der Waals surface area contributed by atoms with Crippen LogP contribution in [0.4, 0.5) is 0 Å². The Morgan fingerprint density at radius 2 is 1.57 bits per heavy atom. The number of aromatic nitrogens is 1. The molecule has 0 aliphatic heterocycles. The van der Waals surface area contributed by atoms with E-state index in [1.54, 1.807) is 36.4 Å². The summed E-state index contributed by atoms with van der Waals surface area (Å²) in [7, 11) is 0. The number of carbonyl (C=O) groups is 2. The van der Waals surface area contributed by atoms with E-state index in [0.29, 0.717) is 17.3 Å². The number of aryl methyl sites for hydroxylation is 2. The minimum Gasteiger partial charge on any atom is -0.486 e. The van der Waals surface area contributed by atoms with Gasteiger partial charge in [-0.1, -0.05) is 0 Å². The maximum atomic E-state index is 12.3. The predicted octanol–water partition coefficient (Wildman–Crippen LogP) is 4.96. The first-order valence-electron chi connectivity index (χ1n) is 11.0. The molecule has 0 saturated carbocycles. The number of rotatable bonds is 8. The Morgan fingerprint density at radius 3 is 2.23 bits per heavy atom. The van der Waals surface area contributed by atoms with Gasteiger partial charge in [-0.05, 0) is 92.2 Å². The first kappa shape index (κ1) is 23.6. The molecule has 0 radical (unpaired) electrons. The maximum Gasteiger partial charge on any atom is 0.308 e. The number of esters is 1. The molecule has 0 bridgehead atoms. The van der Waals surface area contributed by atoms with Crippen molar-refractivity contribution in [3.8, 4) is 17.2 Å². The van der Waals surface area contributed by atoms with Gasteiger partial charge in [0.25, 0.3) is 0 Å². The van der Waals surface area contributed by atoms with Crippen LogP contribution in [0.1, 0.15) is 40.2 Å². The highest BCUT2D eigenvalue weighted by molar-refractivity contribution is 5.92. The second-order valence-electron chi connectivity index (χ2n) is 7.86. The standard InChI is InChI=1S/C27H25N3O5/c1-18-4-5-19(2)30(18)22-8-12-23(13-9-22)33-17-25-14-15-26(35-25)27(32)29-28-16-21-6-10-24(11-7-21)34-20(3)31/h4-16H,17H2,1-3H3,(H,29,32). The summed E-state index contributed by atoms with van der Waals surface area (Å²) in [6, 6.07) is 21.9. The fourth-order valence-electron chi connectivity index (χ4n) is 3.51. The van der Waals surface area contributed by atoms with Crippen LogP contribution in [0, 0.1) is 13.8 Å². The summed E-state index contributed by atoms with van der Waals surface area (Å²) in [5.41, 5.74) is 6.54. The second kappa shape index (κ2) is 10.6. The molecular formula is C27H25N3O5. The highest BCUT2D eigenvalue weighted by atomic mass is 16.5. The Labute approximate surface area is 202 Å². The van der Waals surface area contributed by atoms with Crippen molar-refractivity contribution < 1.29 is 23.5 Å². The third-order valence-electron chi connectivity index (χ3n) is 5.15. The van der Waals surface area contributed by atoms with Gasteiger partial charge in [-0.2, -0.15) is 5.10 Å². The summed E-state index contributed by atoms with van der Waals surface area (Å²) in [5, 5.41) is 3.93. The zero-order valence-electron chi connectivity index (χ0n) is 19.6. The minimum absolute atomic E-state index is 0.125. The third-order valence-corrected chi connectivity index (χ3v) is 5.15. The molecule has 2 aromatic carbocycles. The third kappa shape index (κ3) is 6.05. The first-order valence-corrected chi connectivity index (χ1v) is 11.0. The van der Waals surface area contributed by atoms with Crippen LogP contribution >= 0.6 is 0 Å². The van der Waals surface area contributed by atoms with Crippen LogP contribution in [0.15, 0.2) is 82.3 Å². The van der Waals surface area contributed by atoms with Crippen molar-refractivity contribution in [3.05, 3.63) is 101 Å². The lowest BCUT2D eigenvalue weighted by Gasteiger charge is -2.10. The van der Waals surface area contributed by atoms with Crippen LogP contribution < -0.4 is 14.9 Å². The average Bonchev–Trinajstić information content (AvgIpc) is 3.45. The molecule has 0 saturated heterocycles. The number of furan rings is 1. The molecule has 0 fully saturated rings. The molecule has 0 aliphatic rings. The maximum absolute atomic E-state index is 12.3. The highest BCUT2D eigenvalue weighted by Crippen LogP contribution is 2.21. The zero-order chi connectivity index (χ0) is 24.8. The van der Waals surface area contributed by atoms with Gasteiger partial charge >= 0.3 is 11.9 Å². The Kier molecular flexibility index (Phi) is 7.11. The second-order valence-corrected chi connectivity index (χ2v) is 7.86. The lowest BCUT2D eigenvalue weighted by molar-refractivity contribution is -0.131. The molecule has 8 nitrogen and oxygen atoms in total. The van der Waals surface area contributed by atoms with Crippen molar-refractivity contribution in [2.75, 3.05) is 0 Å². The van der Waals surface area contributed by atoms with Gasteiger partial charge < -0.3 is 18.5 Å². The van der Waals surface area contributed by atoms with E-state index >= 15 is 0 Å². The minimum atomic E-state index is -0.481. The van der Waals surface area contributed by atoms with Crippen molar-refractivity contribution >= 4 is 18.1 Å². The van der Waals surface area contributed by atoms with E-state index in [1.807, 2.05) is 24.3 Å². The lowest BCUT2D eigenvalue weighted by atomic mass is 10.2. The number of nitrogens with one attached hydrogen (secondary N) is 1. The Bertz CT molecular complexity index is 1330. The number of nitrogens with zero attached hydrogens (tertiary/aromatic N) is 2. The summed E-state index contributed by atoms with van der Waals surface area (Å²) in [6.45, 7) is 5.66. The zero-order valence-corrected chi connectivity index (χ0v) is 19.6. The van der Waals surface area contributed by atoms with Crippen molar-refractivity contribution in [3.63, 3.8) is 0 Å². The van der Waals surface area contributed by atoms with E-state index in [-0.39, 0.29) is 12.4 Å². The van der Waals surface area contributed by atoms with Gasteiger partial charge in [-0.15, -0.1) is 0 Å². The molecule has 8 heteroatoms. The van der Waals surface area contributed by atoms with Crippen LogP contribution in [0.3, 0.4) is 0 Å². The smallest absolute Gasteiger partial charge is 0.308 e. The molecule has 1 N–H and O–H groups in total. The summed E-state index contributed by atoms with van der Waals surface area (Å²) in [6.07, 6.45) is 1.47. The number of hydrogen-bond donors (Lipinski definition) is 1. The molecule has 4 aromatic rings. The van der Waals surface area contributed by atoms with E-state index in [1.165, 1.54) is 24.5 Å². The highest BCUT2D eigenvalue weighted by Gasteiger charge is 2.11. The number of hydrogen-bond acceptors (Lipinski definition) is 6. The van der Waals surface area contributed by atoms with Gasteiger partial charge in [0.05, 0.1) is 6.21 Å². The van der Waals surface area contributed by atoms with Gasteiger partial charge in [-0.3, -0.25) is 9.59 Å². The molecule has 4 rings (SSSR count). The predicted molar refractivity (Wildman–Crippen MR) is 131 cm³/mol.